The second-order valence-electron chi connectivity index (χ2n) is 5.07. The Kier molecular flexibility index (Phi) is 3.26. The van der Waals surface area contributed by atoms with Gasteiger partial charge in [0, 0.05) is 19.0 Å². The first-order valence-electron chi connectivity index (χ1n) is 6.68. The number of carboxylic acids is 1. The van der Waals surface area contributed by atoms with Crippen LogP contribution in [0.15, 0.2) is 30.5 Å². The molecule has 1 aromatic carbocycles. The van der Waals surface area contributed by atoms with Crippen LogP contribution in [0.5, 0.6) is 0 Å². The number of aromatic nitrogens is 2. The third-order valence-electron chi connectivity index (χ3n) is 3.69. The Morgan fingerprint density at radius 1 is 1.45 bits per heavy atom. The van der Waals surface area contributed by atoms with Gasteiger partial charge in [-0.25, -0.2) is 14.2 Å². The SMILES string of the molecule is O=C(O)C1CCCc2nc(Cc3ccccc3F)cn21. The highest BCUT2D eigenvalue weighted by molar-refractivity contribution is 5.72. The van der Waals surface area contributed by atoms with Gasteiger partial charge < -0.3 is 9.67 Å². The zero-order valence-electron chi connectivity index (χ0n) is 10.9. The number of benzene rings is 1. The molecule has 0 aliphatic carbocycles. The van der Waals surface area contributed by atoms with E-state index in [1.807, 2.05) is 0 Å². The molecule has 104 valence electrons. The predicted octanol–water partition coefficient (Wildman–Crippen LogP) is 2.58. The van der Waals surface area contributed by atoms with E-state index in [1.165, 1.54) is 6.07 Å². The van der Waals surface area contributed by atoms with Gasteiger partial charge in [-0.05, 0) is 24.5 Å². The summed E-state index contributed by atoms with van der Waals surface area (Å²) >= 11 is 0. The fraction of sp³-hybridized carbons (Fsp3) is 0.333. The van der Waals surface area contributed by atoms with E-state index < -0.39 is 12.0 Å². The van der Waals surface area contributed by atoms with Crippen LogP contribution in [-0.2, 0) is 17.6 Å². The van der Waals surface area contributed by atoms with Gasteiger partial charge in [0.1, 0.15) is 17.7 Å². The number of carbonyl (C=O) groups is 1. The van der Waals surface area contributed by atoms with Crippen molar-refractivity contribution in [3.8, 4) is 0 Å². The van der Waals surface area contributed by atoms with E-state index in [-0.39, 0.29) is 5.82 Å². The van der Waals surface area contributed by atoms with Crippen molar-refractivity contribution in [3.63, 3.8) is 0 Å². The predicted molar refractivity (Wildman–Crippen MR) is 71.0 cm³/mol. The number of rotatable bonds is 3. The first kappa shape index (κ1) is 12.8. The minimum atomic E-state index is -0.833. The number of imidazole rings is 1. The van der Waals surface area contributed by atoms with Crippen molar-refractivity contribution in [3.05, 3.63) is 53.4 Å². The van der Waals surface area contributed by atoms with Crippen LogP contribution in [0.25, 0.3) is 0 Å². The number of aliphatic carboxylic acids is 1. The maximum Gasteiger partial charge on any atom is 0.326 e. The van der Waals surface area contributed by atoms with Gasteiger partial charge in [0.15, 0.2) is 0 Å². The van der Waals surface area contributed by atoms with Crippen LogP contribution in [0, 0.1) is 5.82 Å². The molecule has 1 unspecified atom stereocenters. The third kappa shape index (κ3) is 2.31. The maximum absolute atomic E-state index is 13.6. The number of halogens is 1. The zero-order valence-corrected chi connectivity index (χ0v) is 10.9. The molecule has 0 amide bonds. The summed E-state index contributed by atoms with van der Waals surface area (Å²) in [6.07, 6.45) is 4.37. The summed E-state index contributed by atoms with van der Waals surface area (Å²) in [5.74, 6) is -0.302. The molecule has 4 nitrogen and oxygen atoms in total. The van der Waals surface area contributed by atoms with E-state index in [0.717, 1.165) is 24.4 Å². The fourth-order valence-corrected chi connectivity index (χ4v) is 2.70. The van der Waals surface area contributed by atoms with Crippen LogP contribution in [0.1, 0.15) is 36.0 Å². The van der Waals surface area contributed by atoms with Crippen LogP contribution in [0.3, 0.4) is 0 Å². The topological polar surface area (TPSA) is 55.1 Å². The molecule has 0 bridgehead atoms. The van der Waals surface area contributed by atoms with Crippen LogP contribution >= 0.6 is 0 Å². The van der Waals surface area contributed by atoms with Gasteiger partial charge in [-0.1, -0.05) is 18.2 Å². The molecule has 2 heterocycles. The molecule has 1 aliphatic heterocycles. The van der Waals surface area contributed by atoms with E-state index in [1.54, 1.807) is 29.0 Å². The average Bonchev–Trinajstić information content (AvgIpc) is 2.83. The monoisotopic (exact) mass is 274 g/mol. The summed E-state index contributed by atoms with van der Waals surface area (Å²) in [5.41, 5.74) is 1.30. The summed E-state index contributed by atoms with van der Waals surface area (Å²) in [5, 5.41) is 9.22. The van der Waals surface area contributed by atoms with Gasteiger partial charge in [0.2, 0.25) is 0 Å². The lowest BCUT2D eigenvalue weighted by Crippen LogP contribution is -2.24. The summed E-state index contributed by atoms with van der Waals surface area (Å²) in [6, 6.07) is 6.04. The number of hydrogen-bond donors (Lipinski definition) is 1. The van der Waals surface area contributed by atoms with E-state index in [4.69, 9.17) is 0 Å². The lowest BCUT2D eigenvalue weighted by molar-refractivity contribution is -0.141. The third-order valence-corrected chi connectivity index (χ3v) is 3.69. The Labute approximate surface area is 115 Å². The van der Waals surface area contributed by atoms with Gasteiger partial charge >= 0.3 is 5.97 Å². The zero-order chi connectivity index (χ0) is 14.1. The van der Waals surface area contributed by atoms with Crippen LogP contribution < -0.4 is 0 Å². The highest BCUT2D eigenvalue weighted by atomic mass is 19.1. The van der Waals surface area contributed by atoms with Crippen molar-refractivity contribution in [2.24, 2.45) is 0 Å². The van der Waals surface area contributed by atoms with Crippen molar-refractivity contribution < 1.29 is 14.3 Å². The summed E-state index contributed by atoms with van der Waals surface area (Å²) < 4.78 is 15.4. The first-order chi connectivity index (χ1) is 9.65. The molecule has 1 N–H and O–H groups in total. The Morgan fingerprint density at radius 3 is 3.00 bits per heavy atom. The van der Waals surface area contributed by atoms with Crippen molar-refractivity contribution in [2.75, 3.05) is 0 Å². The lowest BCUT2D eigenvalue weighted by Gasteiger charge is -2.20. The number of nitrogens with zero attached hydrogens (tertiary/aromatic N) is 2. The number of carboxylic acid groups (broad SMARTS) is 1. The van der Waals surface area contributed by atoms with E-state index in [0.29, 0.717) is 18.4 Å². The molecule has 0 saturated carbocycles. The molecule has 1 aromatic heterocycles. The van der Waals surface area contributed by atoms with Crippen molar-refractivity contribution in [1.82, 2.24) is 9.55 Å². The van der Waals surface area contributed by atoms with Crippen molar-refractivity contribution >= 4 is 5.97 Å². The molecule has 0 fully saturated rings. The molecular formula is C15H15FN2O2. The second-order valence-corrected chi connectivity index (χ2v) is 5.07. The Balaban J connectivity index is 1.90. The standard InChI is InChI=1S/C15H15FN2O2/c16-12-5-2-1-4-10(12)8-11-9-18-13(15(19)20)6-3-7-14(18)17-11/h1-2,4-5,9,13H,3,6-8H2,(H,19,20). The molecule has 2 aromatic rings. The minimum Gasteiger partial charge on any atom is -0.480 e. The summed E-state index contributed by atoms with van der Waals surface area (Å²) in [7, 11) is 0. The highest BCUT2D eigenvalue weighted by Crippen LogP contribution is 2.26. The molecule has 0 spiro atoms. The number of hydrogen-bond acceptors (Lipinski definition) is 2. The lowest BCUT2D eigenvalue weighted by atomic mass is 10.1. The van der Waals surface area contributed by atoms with Gasteiger partial charge in [-0.3, -0.25) is 0 Å². The van der Waals surface area contributed by atoms with Crippen LogP contribution in [-0.4, -0.2) is 20.6 Å². The van der Waals surface area contributed by atoms with Gasteiger partial charge in [-0.2, -0.15) is 0 Å². The largest absolute Gasteiger partial charge is 0.480 e. The first-order valence-corrected chi connectivity index (χ1v) is 6.68. The summed E-state index contributed by atoms with van der Waals surface area (Å²) in [4.78, 5) is 15.7. The molecule has 20 heavy (non-hydrogen) atoms. The average molecular weight is 274 g/mol. The summed E-state index contributed by atoms with van der Waals surface area (Å²) in [6.45, 7) is 0. The van der Waals surface area contributed by atoms with Gasteiger partial charge in [0.05, 0.1) is 5.69 Å². The smallest absolute Gasteiger partial charge is 0.326 e. The van der Waals surface area contributed by atoms with E-state index in [9.17, 15) is 14.3 Å². The quantitative estimate of drug-likeness (QED) is 0.936. The normalized spacial score (nSPS) is 17.8. The van der Waals surface area contributed by atoms with Crippen molar-refractivity contribution in [1.29, 1.82) is 0 Å². The van der Waals surface area contributed by atoms with Crippen LogP contribution in [0.4, 0.5) is 4.39 Å². The molecule has 1 atom stereocenters. The Hall–Kier alpha value is -2.17. The number of fused-ring (bicyclic) bond motifs is 1. The maximum atomic E-state index is 13.6. The molecule has 0 radical (unpaired) electrons. The minimum absolute atomic E-state index is 0.256. The molecule has 5 heteroatoms. The second kappa shape index (κ2) is 5.07. The van der Waals surface area contributed by atoms with Gasteiger partial charge in [-0.15, -0.1) is 0 Å². The molecule has 3 rings (SSSR count). The Bertz CT molecular complexity index is 651. The van der Waals surface area contributed by atoms with Crippen molar-refractivity contribution in [2.45, 2.75) is 31.7 Å². The highest BCUT2D eigenvalue weighted by Gasteiger charge is 2.26. The fourth-order valence-electron chi connectivity index (χ4n) is 2.70. The molecular weight excluding hydrogens is 259 g/mol. The van der Waals surface area contributed by atoms with Crippen LogP contribution in [0.2, 0.25) is 0 Å². The molecule has 0 saturated heterocycles. The van der Waals surface area contributed by atoms with Gasteiger partial charge in [0.25, 0.3) is 0 Å². The van der Waals surface area contributed by atoms with E-state index >= 15 is 0 Å². The number of aryl methyl sites for hydroxylation is 1. The molecule has 1 aliphatic rings. The van der Waals surface area contributed by atoms with E-state index in [2.05, 4.69) is 4.98 Å². The Morgan fingerprint density at radius 2 is 2.25 bits per heavy atom.